The summed E-state index contributed by atoms with van der Waals surface area (Å²) in [6, 6.07) is 10.5. The van der Waals surface area contributed by atoms with Gasteiger partial charge in [0.05, 0.1) is 5.69 Å². The molecule has 3 rings (SSSR count). The highest BCUT2D eigenvalue weighted by molar-refractivity contribution is 5.44. The highest BCUT2D eigenvalue weighted by atomic mass is 15.3. The van der Waals surface area contributed by atoms with Crippen LogP contribution < -0.4 is 0 Å². The summed E-state index contributed by atoms with van der Waals surface area (Å²) in [6.45, 7) is 0. The molecule has 0 spiro atoms. The van der Waals surface area contributed by atoms with Crippen LogP contribution in [0.15, 0.2) is 42.7 Å². The molecule has 0 atom stereocenters. The second-order valence-corrected chi connectivity index (χ2v) is 3.78. The molecule has 2 heteroatoms. The van der Waals surface area contributed by atoms with Gasteiger partial charge in [0.1, 0.15) is 0 Å². The second-order valence-electron chi connectivity index (χ2n) is 3.78. The molecular weight excluding hydrogens is 172 g/mol. The van der Waals surface area contributed by atoms with E-state index in [1.165, 1.54) is 24.1 Å². The molecule has 0 radical (unpaired) electrons. The average molecular weight is 184 g/mol. The molecule has 1 fully saturated rings. The predicted octanol–water partition coefficient (Wildman–Crippen LogP) is 2.75. The first-order valence-electron chi connectivity index (χ1n) is 5.04. The Morgan fingerprint density at radius 2 is 2.00 bits per heavy atom. The molecule has 0 saturated heterocycles. The van der Waals surface area contributed by atoms with Crippen molar-refractivity contribution in [3.05, 3.63) is 48.3 Å². The summed E-state index contributed by atoms with van der Waals surface area (Å²) in [5.74, 6) is 0.774. The molecule has 1 aliphatic carbocycles. The Labute approximate surface area is 83.2 Å². The maximum absolute atomic E-state index is 4.27. The van der Waals surface area contributed by atoms with E-state index in [9.17, 15) is 0 Å². The van der Waals surface area contributed by atoms with Crippen molar-refractivity contribution >= 4 is 0 Å². The van der Waals surface area contributed by atoms with Crippen LogP contribution in [0.3, 0.4) is 0 Å². The van der Waals surface area contributed by atoms with Gasteiger partial charge < -0.3 is 0 Å². The Hall–Kier alpha value is -1.57. The van der Waals surface area contributed by atoms with Crippen molar-refractivity contribution < 1.29 is 0 Å². The third kappa shape index (κ3) is 1.23. The van der Waals surface area contributed by atoms with Gasteiger partial charge in [0, 0.05) is 12.4 Å². The van der Waals surface area contributed by atoms with Crippen molar-refractivity contribution in [2.75, 3.05) is 0 Å². The van der Waals surface area contributed by atoms with Crippen LogP contribution in [0.25, 0.3) is 5.69 Å². The van der Waals surface area contributed by atoms with Gasteiger partial charge in [0.25, 0.3) is 0 Å². The Balaban J connectivity index is 2.12. The van der Waals surface area contributed by atoms with Gasteiger partial charge in [0.2, 0.25) is 0 Å². The average Bonchev–Trinajstić information content (AvgIpc) is 2.94. The summed E-state index contributed by atoms with van der Waals surface area (Å²) < 4.78 is 1.95. The van der Waals surface area contributed by atoms with Gasteiger partial charge >= 0.3 is 0 Å². The lowest BCUT2D eigenvalue weighted by Gasteiger charge is -2.07. The van der Waals surface area contributed by atoms with E-state index in [1.807, 2.05) is 23.1 Å². The van der Waals surface area contributed by atoms with Crippen molar-refractivity contribution in [1.29, 1.82) is 0 Å². The molecule has 0 unspecified atom stereocenters. The van der Waals surface area contributed by atoms with Crippen LogP contribution in [0, 0.1) is 0 Å². The number of hydrogen-bond donors (Lipinski definition) is 0. The van der Waals surface area contributed by atoms with E-state index >= 15 is 0 Å². The van der Waals surface area contributed by atoms with Gasteiger partial charge in [-0.3, -0.25) is 0 Å². The number of para-hydroxylation sites is 1. The molecular formula is C12H12N2. The summed E-state index contributed by atoms with van der Waals surface area (Å²) in [5.41, 5.74) is 2.68. The first-order chi connectivity index (χ1) is 6.95. The monoisotopic (exact) mass is 184 g/mol. The van der Waals surface area contributed by atoms with Crippen LogP contribution in [-0.4, -0.2) is 9.78 Å². The lowest BCUT2D eigenvalue weighted by atomic mass is 10.1. The molecule has 1 aromatic carbocycles. The van der Waals surface area contributed by atoms with Gasteiger partial charge in [0.15, 0.2) is 0 Å². The van der Waals surface area contributed by atoms with Crippen LogP contribution in [0.4, 0.5) is 0 Å². The standard InChI is InChI=1S/C12H12N2/c1-2-5-12(14-9-3-8-13-14)11(4-1)10-6-7-10/h1-5,8-10H,6-7H2. The van der Waals surface area contributed by atoms with Crippen molar-refractivity contribution in [2.24, 2.45) is 0 Å². The normalized spacial score (nSPS) is 15.7. The zero-order chi connectivity index (χ0) is 9.38. The van der Waals surface area contributed by atoms with Crippen LogP contribution in [0.2, 0.25) is 0 Å². The number of aromatic nitrogens is 2. The topological polar surface area (TPSA) is 17.8 Å². The maximum Gasteiger partial charge on any atom is 0.0680 e. The first-order valence-corrected chi connectivity index (χ1v) is 5.04. The van der Waals surface area contributed by atoms with Crippen molar-refractivity contribution in [1.82, 2.24) is 9.78 Å². The lowest BCUT2D eigenvalue weighted by molar-refractivity contribution is 0.861. The minimum Gasteiger partial charge on any atom is -0.241 e. The summed E-state index contributed by atoms with van der Waals surface area (Å²) in [7, 11) is 0. The molecule has 1 aliphatic rings. The van der Waals surface area contributed by atoms with Gasteiger partial charge in [-0.2, -0.15) is 5.10 Å². The highest BCUT2D eigenvalue weighted by Gasteiger charge is 2.26. The third-order valence-corrected chi connectivity index (χ3v) is 2.71. The molecule has 0 N–H and O–H groups in total. The number of rotatable bonds is 2. The Kier molecular flexibility index (Phi) is 1.66. The van der Waals surface area contributed by atoms with Crippen LogP contribution in [0.1, 0.15) is 24.3 Å². The quantitative estimate of drug-likeness (QED) is 0.701. The highest BCUT2D eigenvalue weighted by Crippen LogP contribution is 2.42. The fourth-order valence-corrected chi connectivity index (χ4v) is 1.85. The zero-order valence-electron chi connectivity index (χ0n) is 7.93. The molecule has 1 saturated carbocycles. The zero-order valence-corrected chi connectivity index (χ0v) is 7.93. The number of benzene rings is 1. The van der Waals surface area contributed by atoms with Gasteiger partial charge in [-0.25, -0.2) is 4.68 Å². The van der Waals surface area contributed by atoms with E-state index < -0.39 is 0 Å². The minimum atomic E-state index is 0.774. The number of nitrogens with zero attached hydrogens (tertiary/aromatic N) is 2. The van der Waals surface area contributed by atoms with Gasteiger partial charge in [-0.05, 0) is 36.5 Å². The fraction of sp³-hybridized carbons (Fsp3) is 0.250. The van der Waals surface area contributed by atoms with Crippen LogP contribution in [-0.2, 0) is 0 Å². The summed E-state index contributed by atoms with van der Waals surface area (Å²) in [5, 5.41) is 4.27. The van der Waals surface area contributed by atoms with E-state index in [4.69, 9.17) is 0 Å². The SMILES string of the molecule is c1ccc(-n2cccn2)c(C2CC2)c1. The van der Waals surface area contributed by atoms with E-state index in [-0.39, 0.29) is 0 Å². The Bertz CT molecular complexity index is 427. The molecule has 14 heavy (non-hydrogen) atoms. The van der Waals surface area contributed by atoms with Gasteiger partial charge in [-0.1, -0.05) is 18.2 Å². The van der Waals surface area contributed by atoms with E-state index in [0.29, 0.717) is 0 Å². The Morgan fingerprint density at radius 1 is 1.14 bits per heavy atom. The molecule has 1 aromatic heterocycles. The lowest BCUT2D eigenvalue weighted by Crippen LogP contribution is -1.98. The first kappa shape index (κ1) is 7.80. The van der Waals surface area contributed by atoms with Crippen LogP contribution in [0.5, 0.6) is 0 Å². The molecule has 2 nitrogen and oxygen atoms in total. The van der Waals surface area contributed by atoms with Gasteiger partial charge in [-0.15, -0.1) is 0 Å². The number of hydrogen-bond acceptors (Lipinski definition) is 1. The molecule has 2 aromatic rings. The molecule has 70 valence electrons. The van der Waals surface area contributed by atoms with Crippen molar-refractivity contribution in [3.8, 4) is 5.69 Å². The predicted molar refractivity (Wildman–Crippen MR) is 55.5 cm³/mol. The molecule has 1 heterocycles. The summed E-state index contributed by atoms with van der Waals surface area (Å²) in [6.07, 6.45) is 6.49. The van der Waals surface area contributed by atoms with Crippen molar-refractivity contribution in [3.63, 3.8) is 0 Å². The fourth-order valence-electron chi connectivity index (χ4n) is 1.85. The van der Waals surface area contributed by atoms with E-state index in [0.717, 1.165) is 5.92 Å². The summed E-state index contributed by atoms with van der Waals surface area (Å²) >= 11 is 0. The van der Waals surface area contributed by atoms with E-state index in [1.54, 1.807) is 0 Å². The maximum atomic E-state index is 4.27. The minimum absolute atomic E-state index is 0.774. The third-order valence-electron chi connectivity index (χ3n) is 2.71. The smallest absolute Gasteiger partial charge is 0.0680 e. The van der Waals surface area contributed by atoms with Crippen molar-refractivity contribution in [2.45, 2.75) is 18.8 Å². The molecule has 0 aliphatic heterocycles. The largest absolute Gasteiger partial charge is 0.241 e. The molecule has 0 bridgehead atoms. The van der Waals surface area contributed by atoms with Crippen LogP contribution >= 0.6 is 0 Å². The molecule has 0 amide bonds. The second kappa shape index (κ2) is 2.98. The van der Waals surface area contributed by atoms with E-state index in [2.05, 4.69) is 29.4 Å². The summed E-state index contributed by atoms with van der Waals surface area (Å²) in [4.78, 5) is 0. The Morgan fingerprint density at radius 3 is 2.71 bits per heavy atom.